The molecule has 9 rings (SSSR count). The van der Waals surface area contributed by atoms with Crippen molar-refractivity contribution >= 4 is 73.6 Å². The van der Waals surface area contributed by atoms with E-state index in [4.69, 9.17) is 16.3 Å². The van der Waals surface area contributed by atoms with Crippen LogP contribution in [0.25, 0.3) is 0 Å². The molecule has 1 aromatic heterocycles. The van der Waals surface area contributed by atoms with Gasteiger partial charge < -0.3 is 30.1 Å². The molecule has 5 aliphatic heterocycles. The minimum absolute atomic E-state index is 0.173. The van der Waals surface area contributed by atoms with Gasteiger partial charge in [0.1, 0.15) is 10.8 Å². The monoisotopic (exact) mass is 910 g/mol. The van der Waals surface area contributed by atoms with Crippen molar-refractivity contribution in [2.24, 2.45) is 5.92 Å². The van der Waals surface area contributed by atoms with Gasteiger partial charge in [-0.05, 0) is 98.9 Å². The molecule has 64 heavy (non-hydrogen) atoms. The van der Waals surface area contributed by atoms with Gasteiger partial charge >= 0.3 is 0 Å². The topological polar surface area (TPSA) is 156 Å². The summed E-state index contributed by atoms with van der Waals surface area (Å²) >= 11 is 6.54. The van der Waals surface area contributed by atoms with Crippen LogP contribution in [0, 0.1) is 5.92 Å². The molecule has 3 N–H and O–H groups in total. The highest BCUT2D eigenvalue weighted by molar-refractivity contribution is 7.92. The van der Waals surface area contributed by atoms with Gasteiger partial charge in [-0.1, -0.05) is 35.9 Å². The van der Waals surface area contributed by atoms with Crippen LogP contribution in [0.3, 0.4) is 0 Å². The molecule has 0 spiro atoms. The number of anilines is 7. The van der Waals surface area contributed by atoms with Crippen molar-refractivity contribution in [2.75, 3.05) is 104 Å². The number of ether oxygens (including phenoxy) is 1. The lowest BCUT2D eigenvalue weighted by atomic mass is 9.90. The fourth-order valence-corrected chi connectivity index (χ4v) is 11.3. The van der Waals surface area contributed by atoms with Crippen LogP contribution in [0.1, 0.15) is 62.0 Å². The Hall–Kier alpha value is -5.16. The van der Waals surface area contributed by atoms with Crippen molar-refractivity contribution in [1.82, 2.24) is 25.1 Å². The Balaban J connectivity index is 0.712. The first-order chi connectivity index (χ1) is 31.0. The van der Waals surface area contributed by atoms with E-state index < -0.39 is 10.0 Å². The predicted octanol–water partition coefficient (Wildman–Crippen LogP) is 6.36. The van der Waals surface area contributed by atoms with E-state index in [1.165, 1.54) is 48.3 Å². The Morgan fingerprint density at radius 2 is 1.53 bits per heavy atom. The highest BCUT2D eigenvalue weighted by Gasteiger charge is 2.32. The number of imide groups is 1. The summed E-state index contributed by atoms with van der Waals surface area (Å²) in [7, 11) is -1.79. The first-order valence-corrected chi connectivity index (χ1v) is 25.0. The Morgan fingerprint density at radius 3 is 2.25 bits per heavy atom. The molecule has 4 saturated heterocycles. The van der Waals surface area contributed by atoms with Gasteiger partial charge in [-0.15, -0.1) is 0 Å². The van der Waals surface area contributed by atoms with Gasteiger partial charge in [-0.25, -0.2) is 13.4 Å². The lowest BCUT2D eigenvalue weighted by molar-refractivity contribution is -0.134. The third-order valence-corrected chi connectivity index (χ3v) is 15.3. The molecular formula is C47H59ClN10O5S. The Bertz CT molecular complexity index is 2430. The number of rotatable bonds is 13. The molecule has 0 bridgehead atoms. The maximum Gasteiger partial charge on any atom is 0.234 e. The van der Waals surface area contributed by atoms with E-state index in [-0.39, 0.29) is 17.7 Å². The standard InChI is InChI=1S/C47H59ClN10O5S/c1-63-42-30-37(10-12-40(42)51-47-49-31-39(48)45(53-47)50-41-5-3-4-34-17-25-58(44(34)41)64(2,61)62)56-23-18-36(19-24-56)57-28-26-54(27-29-57)20-14-32-15-21-55(22-16-32)35-8-6-33(7-9-35)38-11-13-43(59)52-46(38)60/h3-10,12,30-32,36,38H,11,13-29H2,1-2H3,(H,52,59,60)(H2,49,50,51,53). The lowest BCUT2D eigenvalue weighted by Gasteiger charge is -2.43. The Morgan fingerprint density at radius 1 is 0.812 bits per heavy atom. The highest BCUT2D eigenvalue weighted by Crippen LogP contribution is 2.40. The van der Waals surface area contributed by atoms with Crippen molar-refractivity contribution in [2.45, 2.75) is 63.3 Å². The second-order valence-electron chi connectivity index (χ2n) is 17.8. The fraction of sp³-hybridized carbons (Fsp3) is 0.489. The van der Waals surface area contributed by atoms with Gasteiger partial charge in [-0.3, -0.25) is 24.1 Å². The van der Waals surface area contributed by atoms with Crippen molar-refractivity contribution in [3.63, 3.8) is 0 Å². The number of hydrogen-bond donors (Lipinski definition) is 3. The number of methoxy groups -OCH3 is 1. The molecule has 15 nitrogen and oxygen atoms in total. The van der Waals surface area contributed by atoms with Crippen LogP contribution in [-0.4, -0.2) is 125 Å². The summed E-state index contributed by atoms with van der Waals surface area (Å²) in [6.07, 6.45) is 10.3. The number of nitrogens with zero attached hydrogens (tertiary/aromatic N) is 7. The zero-order valence-electron chi connectivity index (χ0n) is 36.8. The molecule has 1 atom stereocenters. The number of halogens is 1. The Kier molecular flexibility index (Phi) is 13.2. The second-order valence-corrected chi connectivity index (χ2v) is 20.1. The van der Waals surface area contributed by atoms with Crippen LogP contribution in [0.4, 0.5) is 40.2 Å². The van der Waals surface area contributed by atoms with Gasteiger partial charge in [0.2, 0.25) is 27.8 Å². The number of para-hydroxylation sites is 1. The molecule has 0 radical (unpaired) electrons. The van der Waals surface area contributed by atoms with E-state index in [0.717, 1.165) is 93.6 Å². The number of hydrogen-bond acceptors (Lipinski definition) is 13. The van der Waals surface area contributed by atoms with Crippen LogP contribution in [0.2, 0.25) is 5.02 Å². The van der Waals surface area contributed by atoms with E-state index >= 15 is 0 Å². The number of sulfonamides is 1. The zero-order chi connectivity index (χ0) is 44.4. The Labute approximate surface area is 381 Å². The SMILES string of the molecule is COc1cc(N2CCC(N3CCN(CCC4CCN(c5ccc(C6CCC(=O)NC6=O)cc5)CC4)CC3)CC2)ccc1Nc1ncc(Cl)c(Nc2cccc3c2N(S(C)(=O)=O)CC3)n1. The summed E-state index contributed by atoms with van der Waals surface area (Å²) in [5, 5.41) is 9.33. The fourth-order valence-electron chi connectivity index (χ4n) is 10.2. The molecular weight excluding hydrogens is 852 g/mol. The third kappa shape index (κ3) is 9.89. The predicted molar refractivity (Wildman–Crippen MR) is 253 cm³/mol. The van der Waals surface area contributed by atoms with Crippen molar-refractivity contribution in [3.8, 4) is 5.75 Å². The minimum Gasteiger partial charge on any atom is -0.494 e. The van der Waals surface area contributed by atoms with E-state index in [2.05, 4.69) is 81.9 Å². The summed E-state index contributed by atoms with van der Waals surface area (Å²) in [6, 6.07) is 20.8. The molecule has 17 heteroatoms. The molecule has 5 aliphatic rings. The normalized spacial score (nSPS) is 20.6. The minimum atomic E-state index is -3.45. The van der Waals surface area contributed by atoms with Crippen LogP contribution in [0.5, 0.6) is 5.75 Å². The van der Waals surface area contributed by atoms with Crippen LogP contribution < -0.4 is 34.8 Å². The van der Waals surface area contributed by atoms with E-state index in [0.29, 0.717) is 65.8 Å². The summed E-state index contributed by atoms with van der Waals surface area (Å²) in [4.78, 5) is 43.2. The summed E-state index contributed by atoms with van der Waals surface area (Å²) in [6.45, 7) is 10.2. The third-order valence-electron chi connectivity index (χ3n) is 13.9. The smallest absolute Gasteiger partial charge is 0.234 e. The molecule has 2 amide bonds. The first kappa shape index (κ1) is 44.1. The average Bonchev–Trinajstić information content (AvgIpc) is 3.77. The maximum atomic E-state index is 12.5. The molecule has 6 heterocycles. The number of carbonyl (C=O) groups excluding carboxylic acids is 2. The first-order valence-electron chi connectivity index (χ1n) is 22.7. The number of piperidine rings is 3. The molecule has 340 valence electrons. The van der Waals surface area contributed by atoms with E-state index in [9.17, 15) is 18.0 Å². The number of benzene rings is 3. The molecule has 3 aromatic carbocycles. The van der Waals surface area contributed by atoms with Crippen molar-refractivity contribution < 1.29 is 22.7 Å². The summed E-state index contributed by atoms with van der Waals surface area (Å²) < 4.78 is 32.3. The number of fused-ring (bicyclic) bond motifs is 1. The summed E-state index contributed by atoms with van der Waals surface area (Å²) in [5.74, 6) is 1.52. The van der Waals surface area contributed by atoms with Gasteiger partial charge in [-0.2, -0.15) is 4.98 Å². The van der Waals surface area contributed by atoms with Crippen LogP contribution in [-0.2, 0) is 26.0 Å². The number of piperazine rings is 1. The number of carbonyl (C=O) groups is 2. The molecule has 4 fully saturated rings. The van der Waals surface area contributed by atoms with Gasteiger partial charge in [0, 0.05) is 88.8 Å². The molecule has 0 aliphatic carbocycles. The lowest BCUT2D eigenvalue weighted by Crippen LogP contribution is -2.53. The maximum absolute atomic E-state index is 12.5. The largest absolute Gasteiger partial charge is 0.494 e. The number of amides is 2. The molecule has 0 saturated carbocycles. The summed E-state index contributed by atoms with van der Waals surface area (Å²) in [5.41, 5.74) is 6.21. The van der Waals surface area contributed by atoms with Crippen LogP contribution >= 0.6 is 11.6 Å². The second kappa shape index (κ2) is 19.1. The van der Waals surface area contributed by atoms with Crippen molar-refractivity contribution in [3.05, 3.63) is 83.0 Å². The number of nitrogens with one attached hydrogen (secondary N) is 3. The quantitative estimate of drug-likeness (QED) is 0.128. The van der Waals surface area contributed by atoms with Gasteiger partial charge in [0.15, 0.2) is 5.82 Å². The molecule has 1 unspecified atom stereocenters. The van der Waals surface area contributed by atoms with Crippen LogP contribution in [0.15, 0.2) is 66.9 Å². The molecule has 4 aromatic rings. The van der Waals surface area contributed by atoms with Gasteiger partial charge in [0.25, 0.3) is 0 Å². The van der Waals surface area contributed by atoms with Gasteiger partial charge in [0.05, 0.1) is 42.5 Å². The highest BCUT2D eigenvalue weighted by atomic mass is 35.5. The number of aromatic nitrogens is 2. The van der Waals surface area contributed by atoms with Crippen molar-refractivity contribution in [1.29, 1.82) is 0 Å². The van der Waals surface area contributed by atoms with E-state index in [1.807, 2.05) is 24.3 Å². The van der Waals surface area contributed by atoms with E-state index in [1.54, 1.807) is 7.11 Å². The average molecular weight is 912 g/mol. The zero-order valence-corrected chi connectivity index (χ0v) is 38.3.